The Morgan fingerprint density at radius 1 is 1.21 bits per heavy atom. The van der Waals surface area contributed by atoms with Crippen LogP contribution in [-0.4, -0.2) is 36.0 Å². The Kier molecular flexibility index (Phi) is 13.2. The molecule has 0 radical (unpaired) electrons. The standard InChI is InChI=1S/C29H48O4/c1-3-22-33-23-26(31)14-6-4-5-7-15-27-25(16-17-28(27)32)13-10-19-29(20-11-21-29)18-9-8-12-24(2)30/h10,13,16-17,24-25,27,30H,3-9,11-12,14-15,18-23H2,1-2H3/t24?,25-,27+/m0/s1. The number of hydrogen-bond acceptors (Lipinski definition) is 4. The van der Waals surface area contributed by atoms with Gasteiger partial charge in [0.15, 0.2) is 11.6 Å². The van der Waals surface area contributed by atoms with Crippen molar-refractivity contribution in [1.82, 2.24) is 0 Å². The van der Waals surface area contributed by atoms with Crippen LogP contribution in [0.3, 0.4) is 0 Å². The highest BCUT2D eigenvalue weighted by Crippen LogP contribution is 2.48. The highest BCUT2D eigenvalue weighted by atomic mass is 16.5. The summed E-state index contributed by atoms with van der Waals surface area (Å²) in [6.45, 7) is 4.84. The van der Waals surface area contributed by atoms with E-state index in [0.29, 0.717) is 18.4 Å². The van der Waals surface area contributed by atoms with Crippen molar-refractivity contribution in [3.8, 4) is 0 Å². The van der Waals surface area contributed by atoms with E-state index in [9.17, 15) is 14.7 Å². The molecule has 2 rings (SSSR count). The Bertz CT molecular complexity index is 630. The number of hydrogen-bond donors (Lipinski definition) is 1. The van der Waals surface area contributed by atoms with Crippen LogP contribution >= 0.6 is 0 Å². The fraction of sp³-hybridized carbons (Fsp3) is 0.793. The molecule has 2 aliphatic carbocycles. The summed E-state index contributed by atoms with van der Waals surface area (Å²) in [5, 5.41) is 9.46. The third-order valence-electron chi connectivity index (χ3n) is 7.55. The van der Waals surface area contributed by atoms with Gasteiger partial charge in [0.25, 0.3) is 0 Å². The number of allylic oxidation sites excluding steroid dienone is 4. The van der Waals surface area contributed by atoms with E-state index in [1.165, 1.54) is 32.1 Å². The predicted octanol–water partition coefficient (Wildman–Crippen LogP) is 6.75. The Morgan fingerprint density at radius 3 is 2.70 bits per heavy atom. The molecule has 2 aliphatic rings. The van der Waals surface area contributed by atoms with Crippen molar-refractivity contribution >= 4 is 11.6 Å². The largest absolute Gasteiger partial charge is 0.393 e. The van der Waals surface area contributed by atoms with Crippen LogP contribution in [0.25, 0.3) is 0 Å². The fourth-order valence-corrected chi connectivity index (χ4v) is 5.28. The van der Waals surface area contributed by atoms with Gasteiger partial charge < -0.3 is 9.84 Å². The first-order chi connectivity index (χ1) is 16.0. The van der Waals surface area contributed by atoms with Gasteiger partial charge in [-0.25, -0.2) is 0 Å². The van der Waals surface area contributed by atoms with Crippen molar-refractivity contribution in [2.24, 2.45) is 17.3 Å². The van der Waals surface area contributed by atoms with Crippen LogP contribution in [0.4, 0.5) is 0 Å². The van der Waals surface area contributed by atoms with Gasteiger partial charge >= 0.3 is 0 Å². The van der Waals surface area contributed by atoms with Crippen LogP contribution in [0.15, 0.2) is 24.3 Å². The smallest absolute Gasteiger partial charge is 0.159 e. The van der Waals surface area contributed by atoms with E-state index in [1.807, 2.05) is 13.8 Å². The summed E-state index contributed by atoms with van der Waals surface area (Å²) in [4.78, 5) is 24.1. The van der Waals surface area contributed by atoms with Crippen molar-refractivity contribution in [3.63, 3.8) is 0 Å². The molecule has 1 saturated carbocycles. The molecule has 0 heterocycles. The lowest BCUT2D eigenvalue weighted by atomic mass is 9.64. The molecule has 4 heteroatoms. The summed E-state index contributed by atoms with van der Waals surface area (Å²) in [6.07, 6.45) is 24.5. The van der Waals surface area contributed by atoms with Crippen LogP contribution in [-0.2, 0) is 14.3 Å². The quantitative estimate of drug-likeness (QED) is 0.171. The fourth-order valence-electron chi connectivity index (χ4n) is 5.28. The summed E-state index contributed by atoms with van der Waals surface area (Å²) < 4.78 is 5.30. The second-order valence-corrected chi connectivity index (χ2v) is 10.6. The van der Waals surface area contributed by atoms with Gasteiger partial charge in [-0.1, -0.05) is 63.7 Å². The van der Waals surface area contributed by atoms with E-state index < -0.39 is 0 Å². The molecule has 1 unspecified atom stereocenters. The van der Waals surface area contributed by atoms with Crippen molar-refractivity contribution < 1.29 is 19.4 Å². The van der Waals surface area contributed by atoms with Gasteiger partial charge in [-0.3, -0.25) is 9.59 Å². The Morgan fingerprint density at radius 2 is 2.00 bits per heavy atom. The van der Waals surface area contributed by atoms with Gasteiger partial charge in [-0.15, -0.1) is 0 Å². The van der Waals surface area contributed by atoms with E-state index in [1.54, 1.807) is 6.08 Å². The molecule has 0 aliphatic heterocycles. The molecule has 1 fully saturated rings. The van der Waals surface area contributed by atoms with Gasteiger partial charge in [-0.2, -0.15) is 0 Å². The molecule has 0 aromatic rings. The van der Waals surface area contributed by atoms with Gasteiger partial charge in [-0.05, 0) is 69.8 Å². The molecule has 0 aromatic carbocycles. The van der Waals surface area contributed by atoms with Crippen LogP contribution in [0, 0.1) is 17.3 Å². The number of Topliss-reactive ketones (excluding diaryl/α,β-unsaturated/α-hetero) is 1. The molecule has 0 aromatic heterocycles. The zero-order valence-corrected chi connectivity index (χ0v) is 21.2. The Balaban J connectivity index is 1.63. The lowest BCUT2D eigenvalue weighted by Gasteiger charge is -2.42. The summed E-state index contributed by atoms with van der Waals surface area (Å²) in [5.41, 5.74) is 0.468. The van der Waals surface area contributed by atoms with Gasteiger partial charge in [0.05, 0.1) is 6.10 Å². The molecular formula is C29H48O4. The monoisotopic (exact) mass is 460 g/mol. The lowest BCUT2D eigenvalue weighted by Crippen LogP contribution is -2.28. The minimum absolute atomic E-state index is 0.105. The van der Waals surface area contributed by atoms with E-state index in [0.717, 1.165) is 57.8 Å². The number of aliphatic hydroxyl groups excluding tert-OH is 1. The maximum Gasteiger partial charge on any atom is 0.159 e. The number of carbonyl (C=O) groups is 2. The zero-order chi connectivity index (χ0) is 23.9. The van der Waals surface area contributed by atoms with E-state index in [2.05, 4.69) is 18.2 Å². The molecule has 0 saturated heterocycles. The Labute approximate surface area is 202 Å². The molecule has 1 N–H and O–H groups in total. The average molecular weight is 461 g/mol. The Hall–Kier alpha value is -1.26. The van der Waals surface area contributed by atoms with Crippen molar-refractivity contribution in [1.29, 1.82) is 0 Å². The van der Waals surface area contributed by atoms with Gasteiger partial charge in [0, 0.05) is 24.9 Å². The molecule has 0 bridgehead atoms. The van der Waals surface area contributed by atoms with Gasteiger partial charge in [0.2, 0.25) is 0 Å². The molecule has 0 amide bonds. The van der Waals surface area contributed by atoms with E-state index in [-0.39, 0.29) is 36.1 Å². The summed E-state index contributed by atoms with van der Waals surface area (Å²) in [7, 11) is 0. The first kappa shape index (κ1) is 28.0. The first-order valence-corrected chi connectivity index (χ1v) is 13.6. The second-order valence-electron chi connectivity index (χ2n) is 10.6. The molecule has 188 valence electrons. The highest BCUT2D eigenvalue weighted by molar-refractivity contribution is 5.94. The van der Waals surface area contributed by atoms with Crippen LogP contribution in [0.5, 0.6) is 0 Å². The molecular weight excluding hydrogens is 412 g/mol. The number of carbonyl (C=O) groups excluding carboxylic acids is 2. The zero-order valence-electron chi connectivity index (χ0n) is 21.2. The highest BCUT2D eigenvalue weighted by Gasteiger charge is 2.35. The van der Waals surface area contributed by atoms with Crippen molar-refractivity contribution in [2.75, 3.05) is 13.2 Å². The maximum atomic E-state index is 12.4. The van der Waals surface area contributed by atoms with Crippen molar-refractivity contribution in [2.45, 2.75) is 116 Å². The molecule has 3 atom stereocenters. The SMILES string of the molecule is CCCOCC(=O)CCCCCC[C@H]1C(=O)C=C[C@@H]1C=CCC1(CCCCC(C)O)CCC1. The number of unbranched alkanes of at least 4 members (excludes halogenated alkanes) is 4. The lowest BCUT2D eigenvalue weighted by molar-refractivity contribution is -0.123. The van der Waals surface area contributed by atoms with E-state index >= 15 is 0 Å². The summed E-state index contributed by atoms with van der Waals surface area (Å²) in [5.74, 6) is 0.844. The van der Waals surface area contributed by atoms with Gasteiger partial charge in [0.1, 0.15) is 6.61 Å². The number of ether oxygens (including phenoxy) is 1. The predicted molar refractivity (Wildman–Crippen MR) is 135 cm³/mol. The second kappa shape index (κ2) is 15.6. The summed E-state index contributed by atoms with van der Waals surface area (Å²) >= 11 is 0. The van der Waals surface area contributed by atoms with Crippen LogP contribution < -0.4 is 0 Å². The minimum atomic E-state index is -0.182. The molecule has 4 nitrogen and oxygen atoms in total. The molecule has 0 spiro atoms. The van der Waals surface area contributed by atoms with Crippen LogP contribution in [0.1, 0.15) is 110 Å². The van der Waals surface area contributed by atoms with E-state index in [4.69, 9.17) is 4.74 Å². The maximum absolute atomic E-state index is 12.4. The average Bonchev–Trinajstić information content (AvgIpc) is 3.10. The van der Waals surface area contributed by atoms with Crippen molar-refractivity contribution in [3.05, 3.63) is 24.3 Å². The third kappa shape index (κ3) is 10.7. The number of aliphatic hydroxyl groups is 1. The normalized spacial score (nSPS) is 22.7. The van der Waals surface area contributed by atoms with Crippen LogP contribution in [0.2, 0.25) is 0 Å². The number of rotatable bonds is 19. The molecule has 33 heavy (non-hydrogen) atoms. The number of ketones is 2. The third-order valence-corrected chi connectivity index (χ3v) is 7.55. The summed E-state index contributed by atoms with van der Waals surface area (Å²) in [6, 6.07) is 0. The topological polar surface area (TPSA) is 63.6 Å². The first-order valence-electron chi connectivity index (χ1n) is 13.6. The minimum Gasteiger partial charge on any atom is -0.393 e.